The van der Waals surface area contributed by atoms with E-state index < -0.39 is 0 Å². The fraction of sp³-hybridized carbons (Fsp3) is 0.619. The highest BCUT2D eigenvalue weighted by Crippen LogP contribution is 2.37. The smallest absolute Gasteiger partial charge is 0.230 e. The molecule has 3 fully saturated rings. The normalized spacial score (nSPS) is 40.5. The van der Waals surface area contributed by atoms with Crippen LogP contribution in [-0.4, -0.2) is 54.3 Å². The summed E-state index contributed by atoms with van der Waals surface area (Å²) in [7, 11) is 0. The topological polar surface area (TPSA) is 47.9 Å². The maximum atomic E-state index is 12.8. The molecule has 4 atom stereocenters. The summed E-state index contributed by atoms with van der Waals surface area (Å²) in [5, 5.41) is 10.0. The van der Waals surface area contributed by atoms with Crippen molar-refractivity contribution in [3.05, 3.63) is 36.1 Å². The first kappa shape index (κ1) is 16.3. The van der Waals surface area contributed by atoms with E-state index >= 15 is 0 Å². The van der Waals surface area contributed by atoms with Crippen molar-refractivity contribution < 1.29 is 4.79 Å². The van der Waals surface area contributed by atoms with Gasteiger partial charge in [0, 0.05) is 36.3 Å². The minimum absolute atomic E-state index is 0.130. The molecule has 0 saturated carbocycles. The Bertz CT molecular complexity index is 686. The molecule has 1 N–H and O–H groups in total. The lowest BCUT2D eigenvalue weighted by Crippen LogP contribution is -2.58. The number of allylic oxidation sites excluding steroid dienone is 6. The number of carbonyl (C=O) groups is 1. The Morgan fingerprint density at radius 2 is 2.04 bits per heavy atom. The van der Waals surface area contributed by atoms with Gasteiger partial charge in [-0.1, -0.05) is 24.3 Å². The number of piperidine rings is 3. The molecule has 0 spiro atoms. The lowest BCUT2D eigenvalue weighted by molar-refractivity contribution is -0.125. The summed E-state index contributed by atoms with van der Waals surface area (Å²) < 4.78 is 0. The third-order valence-corrected chi connectivity index (χ3v) is 6.82. The molecule has 3 saturated heterocycles. The van der Waals surface area contributed by atoms with Gasteiger partial charge in [0.25, 0.3) is 0 Å². The summed E-state index contributed by atoms with van der Waals surface area (Å²) in [4.78, 5) is 15.3. The molecule has 138 valence electrons. The molecule has 4 heterocycles. The van der Waals surface area contributed by atoms with Crippen LogP contribution >= 0.6 is 0 Å². The Hall–Kier alpha value is -1.88. The summed E-state index contributed by atoms with van der Waals surface area (Å²) in [6.07, 6.45) is 17.8. The van der Waals surface area contributed by atoms with Crippen LogP contribution in [0.4, 0.5) is 0 Å². The van der Waals surface area contributed by atoms with E-state index in [-0.39, 0.29) is 11.8 Å². The Morgan fingerprint density at radius 1 is 1.15 bits per heavy atom. The summed E-state index contributed by atoms with van der Waals surface area (Å²) >= 11 is 0. The van der Waals surface area contributed by atoms with Crippen LogP contribution in [0.15, 0.2) is 41.2 Å². The van der Waals surface area contributed by atoms with Crippen molar-refractivity contribution in [1.29, 1.82) is 0 Å². The van der Waals surface area contributed by atoms with Gasteiger partial charge in [0.1, 0.15) is 0 Å². The molecule has 1 amide bonds. The van der Waals surface area contributed by atoms with Crippen LogP contribution in [0.25, 0.3) is 0 Å². The molecule has 26 heavy (non-hydrogen) atoms. The zero-order valence-corrected chi connectivity index (χ0v) is 15.3. The van der Waals surface area contributed by atoms with Crippen molar-refractivity contribution in [1.82, 2.24) is 15.2 Å². The number of amides is 1. The summed E-state index contributed by atoms with van der Waals surface area (Å²) in [6.45, 7) is 4.11. The van der Waals surface area contributed by atoms with Gasteiger partial charge in [0.05, 0.1) is 12.5 Å². The fourth-order valence-corrected chi connectivity index (χ4v) is 5.27. The first-order valence-electron chi connectivity index (χ1n) is 10.2. The number of carbonyl (C=O) groups excluding carboxylic acids is 1. The molecular weight excluding hydrogens is 324 g/mol. The van der Waals surface area contributed by atoms with Gasteiger partial charge < -0.3 is 10.2 Å². The van der Waals surface area contributed by atoms with Crippen molar-refractivity contribution >= 4 is 12.1 Å². The number of rotatable bonds is 3. The van der Waals surface area contributed by atoms with Gasteiger partial charge in [-0.05, 0) is 50.8 Å². The minimum Gasteiger partial charge on any atom is -0.351 e. The predicted molar refractivity (Wildman–Crippen MR) is 102 cm³/mol. The predicted octanol–water partition coefficient (Wildman–Crippen LogP) is 2.15. The maximum Gasteiger partial charge on any atom is 0.230 e. The average Bonchev–Trinajstić information content (AvgIpc) is 3.19. The van der Waals surface area contributed by atoms with E-state index in [4.69, 9.17) is 0 Å². The van der Waals surface area contributed by atoms with E-state index in [1.54, 1.807) is 0 Å². The molecule has 4 aliphatic heterocycles. The maximum absolute atomic E-state index is 12.8. The van der Waals surface area contributed by atoms with Crippen LogP contribution in [0.5, 0.6) is 0 Å². The van der Waals surface area contributed by atoms with E-state index in [1.807, 2.05) is 6.21 Å². The molecule has 5 heteroatoms. The van der Waals surface area contributed by atoms with E-state index in [0.29, 0.717) is 30.3 Å². The molecule has 4 unspecified atom stereocenters. The number of nitrogens with zero attached hydrogens (tertiary/aromatic N) is 3. The van der Waals surface area contributed by atoms with Crippen molar-refractivity contribution in [2.45, 2.75) is 31.7 Å². The van der Waals surface area contributed by atoms with Crippen molar-refractivity contribution in [2.75, 3.05) is 26.2 Å². The molecule has 0 radical (unpaired) electrons. The first-order valence-corrected chi connectivity index (χ1v) is 10.2. The third kappa shape index (κ3) is 2.92. The van der Waals surface area contributed by atoms with Crippen LogP contribution in [0.3, 0.4) is 0 Å². The van der Waals surface area contributed by atoms with Gasteiger partial charge in [0.15, 0.2) is 0 Å². The van der Waals surface area contributed by atoms with Crippen LogP contribution in [-0.2, 0) is 4.79 Å². The lowest BCUT2D eigenvalue weighted by Gasteiger charge is -2.45. The Morgan fingerprint density at radius 3 is 2.85 bits per heavy atom. The molecule has 0 aromatic carbocycles. The Balaban J connectivity index is 1.21. The number of hydrogen-bond acceptors (Lipinski definition) is 4. The second-order valence-corrected chi connectivity index (χ2v) is 8.37. The monoisotopic (exact) mass is 352 g/mol. The van der Waals surface area contributed by atoms with Gasteiger partial charge >= 0.3 is 0 Å². The SMILES string of the molecule is O=C(NC1CN2CCC1CC2)C1C=NN(C2=CC=CC3C=CCCC23)C1. The molecular formula is C21H28N4O. The largest absolute Gasteiger partial charge is 0.351 e. The first-order chi connectivity index (χ1) is 12.8. The Kier molecular flexibility index (Phi) is 4.20. The molecule has 6 rings (SSSR count). The zero-order chi connectivity index (χ0) is 17.5. The van der Waals surface area contributed by atoms with Crippen LogP contribution in [0.1, 0.15) is 25.7 Å². The molecule has 5 nitrogen and oxygen atoms in total. The third-order valence-electron chi connectivity index (χ3n) is 6.82. The molecule has 2 aliphatic carbocycles. The van der Waals surface area contributed by atoms with E-state index in [2.05, 4.69) is 50.7 Å². The van der Waals surface area contributed by atoms with E-state index in [9.17, 15) is 4.79 Å². The van der Waals surface area contributed by atoms with Gasteiger partial charge in [0.2, 0.25) is 5.91 Å². The van der Waals surface area contributed by atoms with Crippen molar-refractivity contribution in [3.63, 3.8) is 0 Å². The van der Waals surface area contributed by atoms with Crippen molar-refractivity contribution in [2.24, 2.45) is 28.8 Å². The second kappa shape index (κ2) is 6.69. The standard InChI is InChI=1S/C21H28N4O/c26-21(23-19-14-24-10-8-16(19)9-11-24)17-12-22-25(13-17)20-7-3-5-15-4-1-2-6-18(15)20/h1,3-5,7,12,15-19H,2,6,8-11,13-14H2,(H,23,26). The number of hydrogen-bond donors (Lipinski definition) is 1. The summed E-state index contributed by atoms with van der Waals surface area (Å²) in [5.41, 5.74) is 1.27. The Labute approximate surface area is 155 Å². The molecule has 0 aromatic rings. The quantitative estimate of drug-likeness (QED) is 0.792. The fourth-order valence-electron chi connectivity index (χ4n) is 5.27. The highest BCUT2D eigenvalue weighted by Gasteiger charge is 2.37. The van der Waals surface area contributed by atoms with Gasteiger partial charge in [-0.15, -0.1) is 0 Å². The summed E-state index contributed by atoms with van der Waals surface area (Å²) in [6, 6.07) is 0.331. The average molecular weight is 352 g/mol. The number of fused-ring (bicyclic) bond motifs is 4. The number of hydrazone groups is 1. The lowest BCUT2D eigenvalue weighted by atomic mass is 9.79. The molecule has 2 bridgehead atoms. The van der Waals surface area contributed by atoms with Gasteiger partial charge in [-0.2, -0.15) is 5.10 Å². The zero-order valence-electron chi connectivity index (χ0n) is 15.3. The number of nitrogens with one attached hydrogen (secondary N) is 1. The van der Waals surface area contributed by atoms with E-state index in [1.165, 1.54) is 38.0 Å². The minimum atomic E-state index is -0.130. The van der Waals surface area contributed by atoms with Crippen molar-refractivity contribution in [3.8, 4) is 0 Å². The highest BCUT2D eigenvalue weighted by atomic mass is 16.2. The van der Waals surface area contributed by atoms with Gasteiger partial charge in [-0.25, -0.2) is 0 Å². The van der Waals surface area contributed by atoms with Crippen LogP contribution in [0, 0.1) is 23.7 Å². The summed E-state index contributed by atoms with van der Waals surface area (Å²) in [5.74, 6) is 1.68. The van der Waals surface area contributed by atoms with Crippen LogP contribution < -0.4 is 5.32 Å². The van der Waals surface area contributed by atoms with Crippen LogP contribution in [0.2, 0.25) is 0 Å². The highest BCUT2D eigenvalue weighted by molar-refractivity contribution is 5.94. The molecule has 6 aliphatic rings. The molecule has 0 aromatic heterocycles. The van der Waals surface area contributed by atoms with Gasteiger partial charge in [-0.3, -0.25) is 9.80 Å². The van der Waals surface area contributed by atoms with E-state index in [0.717, 1.165) is 13.0 Å². The second-order valence-electron chi connectivity index (χ2n) is 8.37.